The van der Waals surface area contributed by atoms with Crippen LogP contribution in [0.4, 0.5) is 0 Å². The highest BCUT2D eigenvalue weighted by Crippen LogP contribution is 2.20. The molecule has 1 N–H and O–H groups in total. The fourth-order valence-corrected chi connectivity index (χ4v) is 2.66. The lowest BCUT2D eigenvalue weighted by atomic mass is 9.92. The van der Waals surface area contributed by atoms with Crippen LogP contribution in [-0.2, 0) is 0 Å². The minimum atomic E-state index is 0.133. The molecule has 1 heterocycles. The van der Waals surface area contributed by atoms with Gasteiger partial charge in [-0.1, -0.05) is 12.1 Å². The molecule has 0 aliphatic carbocycles. The molecule has 1 aromatic carbocycles. The first-order chi connectivity index (χ1) is 9.65. The zero-order chi connectivity index (χ0) is 14.4. The Kier molecular flexibility index (Phi) is 5.60. The van der Waals surface area contributed by atoms with Crippen molar-refractivity contribution < 1.29 is 9.53 Å². The van der Waals surface area contributed by atoms with Crippen molar-refractivity contribution in [2.45, 2.75) is 45.6 Å². The number of piperidine rings is 1. The van der Waals surface area contributed by atoms with Crippen molar-refractivity contribution in [2.24, 2.45) is 5.92 Å². The maximum absolute atomic E-state index is 12.2. The predicted octanol–water partition coefficient (Wildman–Crippen LogP) is 3.44. The van der Waals surface area contributed by atoms with E-state index in [0.29, 0.717) is 12.3 Å². The van der Waals surface area contributed by atoms with Crippen molar-refractivity contribution in [3.05, 3.63) is 29.8 Å². The standard InChI is InChI=1S/C17H25NO2/c1-13(2)20-16-7-3-6-15(11-16)17(19)9-8-14-5-4-10-18-12-14/h3,6-7,11,13-14,18H,4-5,8-10,12H2,1-2H3. The van der Waals surface area contributed by atoms with Crippen LogP contribution in [0.25, 0.3) is 0 Å². The normalized spacial score (nSPS) is 19.1. The molecule has 0 bridgehead atoms. The molecule has 2 rings (SSSR count). The van der Waals surface area contributed by atoms with Gasteiger partial charge in [0.2, 0.25) is 0 Å². The Hall–Kier alpha value is -1.35. The number of nitrogens with one attached hydrogen (secondary N) is 1. The molecule has 0 radical (unpaired) electrons. The molecule has 20 heavy (non-hydrogen) atoms. The highest BCUT2D eigenvalue weighted by atomic mass is 16.5. The van der Waals surface area contributed by atoms with Crippen molar-refractivity contribution in [3.63, 3.8) is 0 Å². The summed E-state index contributed by atoms with van der Waals surface area (Å²) in [6.45, 7) is 6.16. The molecule has 3 heteroatoms. The Labute approximate surface area is 121 Å². The molecule has 1 atom stereocenters. The number of Topliss-reactive ketones (excluding diaryl/α,β-unsaturated/α-hetero) is 1. The van der Waals surface area contributed by atoms with E-state index in [1.165, 1.54) is 12.8 Å². The van der Waals surface area contributed by atoms with Gasteiger partial charge in [0.25, 0.3) is 0 Å². The summed E-state index contributed by atoms with van der Waals surface area (Å²) in [5.74, 6) is 1.66. The van der Waals surface area contributed by atoms with Gasteiger partial charge in [0.1, 0.15) is 5.75 Å². The second kappa shape index (κ2) is 7.44. The lowest BCUT2D eigenvalue weighted by molar-refractivity contribution is 0.0970. The zero-order valence-corrected chi connectivity index (χ0v) is 12.5. The maximum Gasteiger partial charge on any atom is 0.163 e. The van der Waals surface area contributed by atoms with Crippen LogP contribution < -0.4 is 10.1 Å². The van der Waals surface area contributed by atoms with E-state index in [9.17, 15) is 4.79 Å². The molecule has 1 saturated heterocycles. The topological polar surface area (TPSA) is 38.3 Å². The third-order valence-corrected chi connectivity index (χ3v) is 3.71. The summed E-state index contributed by atoms with van der Waals surface area (Å²) < 4.78 is 5.64. The van der Waals surface area contributed by atoms with Crippen molar-refractivity contribution in [1.29, 1.82) is 0 Å². The smallest absolute Gasteiger partial charge is 0.163 e. The quantitative estimate of drug-likeness (QED) is 0.808. The third kappa shape index (κ3) is 4.64. The van der Waals surface area contributed by atoms with Crippen LogP contribution in [0.1, 0.15) is 49.9 Å². The zero-order valence-electron chi connectivity index (χ0n) is 12.5. The van der Waals surface area contributed by atoms with Gasteiger partial charge in [-0.15, -0.1) is 0 Å². The second-order valence-corrected chi connectivity index (χ2v) is 5.87. The van der Waals surface area contributed by atoms with Crippen LogP contribution in [0.5, 0.6) is 5.75 Å². The number of rotatable bonds is 6. The Morgan fingerprint density at radius 3 is 3.00 bits per heavy atom. The number of ketones is 1. The van der Waals surface area contributed by atoms with E-state index in [2.05, 4.69) is 5.32 Å². The number of hydrogen-bond donors (Lipinski definition) is 1. The number of benzene rings is 1. The summed E-state index contributed by atoms with van der Waals surface area (Å²) in [6, 6.07) is 7.55. The molecular formula is C17H25NO2. The molecule has 1 unspecified atom stereocenters. The lowest BCUT2D eigenvalue weighted by Gasteiger charge is -2.22. The molecule has 110 valence electrons. The highest BCUT2D eigenvalue weighted by Gasteiger charge is 2.15. The van der Waals surface area contributed by atoms with Crippen molar-refractivity contribution in [2.75, 3.05) is 13.1 Å². The van der Waals surface area contributed by atoms with Gasteiger partial charge < -0.3 is 10.1 Å². The summed E-state index contributed by atoms with van der Waals surface area (Å²) >= 11 is 0. The average Bonchev–Trinajstić information content (AvgIpc) is 2.45. The Balaban J connectivity index is 1.88. The van der Waals surface area contributed by atoms with Gasteiger partial charge in [-0.2, -0.15) is 0 Å². The molecular weight excluding hydrogens is 250 g/mol. The molecule has 1 aliphatic heterocycles. The van der Waals surface area contributed by atoms with Crippen LogP contribution in [-0.4, -0.2) is 25.0 Å². The Morgan fingerprint density at radius 1 is 1.45 bits per heavy atom. The van der Waals surface area contributed by atoms with E-state index in [-0.39, 0.29) is 11.9 Å². The average molecular weight is 275 g/mol. The summed E-state index contributed by atoms with van der Waals surface area (Å²) in [4.78, 5) is 12.2. The van der Waals surface area contributed by atoms with Gasteiger partial charge in [-0.3, -0.25) is 4.79 Å². The third-order valence-electron chi connectivity index (χ3n) is 3.71. The van der Waals surface area contributed by atoms with E-state index in [1.54, 1.807) is 0 Å². The molecule has 1 aliphatic rings. The van der Waals surface area contributed by atoms with Crippen LogP contribution >= 0.6 is 0 Å². The van der Waals surface area contributed by atoms with Crippen molar-refractivity contribution in [3.8, 4) is 5.75 Å². The first kappa shape index (κ1) is 15.0. The first-order valence-corrected chi connectivity index (χ1v) is 7.66. The van der Waals surface area contributed by atoms with E-state index in [1.807, 2.05) is 38.1 Å². The number of hydrogen-bond acceptors (Lipinski definition) is 3. The Morgan fingerprint density at radius 2 is 2.30 bits per heavy atom. The number of carbonyl (C=O) groups is 1. The van der Waals surface area contributed by atoms with Crippen LogP contribution in [0, 0.1) is 5.92 Å². The fourth-order valence-electron chi connectivity index (χ4n) is 2.66. The fraction of sp³-hybridized carbons (Fsp3) is 0.588. The van der Waals surface area contributed by atoms with E-state index < -0.39 is 0 Å². The molecule has 0 spiro atoms. The van der Waals surface area contributed by atoms with E-state index in [4.69, 9.17) is 4.74 Å². The maximum atomic E-state index is 12.2. The summed E-state index contributed by atoms with van der Waals surface area (Å²) in [6.07, 6.45) is 4.24. The van der Waals surface area contributed by atoms with Gasteiger partial charge in [0.05, 0.1) is 6.10 Å². The van der Waals surface area contributed by atoms with Crippen LogP contribution in [0.15, 0.2) is 24.3 Å². The summed E-state index contributed by atoms with van der Waals surface area (Å²) in [7, 11) is 0. The lowest BCUT2D eigenvalue weighted by Crippen LogP contribution is -2.30. The molecule has 0 amide bonds. The minimum Gasteiger partial charge on any atom is -0.491 e. The van der Waals surface area contributed by atoms with Crippen molar-refractivity contribution >= 4 is 5.78 Å². The predicted molar refractivity (Wildman–Crippen MR) is 81.4 cm³/mol. The Bertz CT molecular complexity index is 436. The van der Waals surface area contributed by atoms with E-state index >= 15 is 0 Å². The van der Waals surface area contributed by atoms with Crippen LogP contribution in [0.2, 0.25) is 0 Å². The van der Waals surface area contributed by atoms with Gasteiger partial charge >= 0.3 is 0 Å². The van der Waals surface area contributed by atoms with Gasteiger partial charge in [0.15, 0.2) is 5.78 Å². The van der Waals surface area contributed by atoms with E-state index in [0.717, 1.165) is 30.8 Å². The first-order valence-electron chi connectivity index (χ1n) is 7.66. The molecule has 1 fully saturated rings. The van der Waals surface area contributed by atoms with Gasteiger partial charge in [-0.05, 0) is 64.3 Å². The summed E-state index contributed by atoms with van der Waals surface area (Å²) in [5, 5.41) is 3.40. The minimum absolute atomic E-state index is 0.133. The van der Waals surface area contributed by atoms with Gasteiger partial charge in [0, 0.05) is 12.0 Å². The molecule has 0 saturated carbocycles. The largest absolute Gasteiger partial charge is 0.491 e. The van der Waals surface area contributed by atoms with Crippen LogP contribution in [0.3, 0.4) is 0 Å². The molecule has 1 aromatic rings. The molecule has 0 aromatic heterocycles. The van der Waals surface area contributed by atoms with Crippen molar-refractivity contribution in [1.82, 2.24) is 5.32 Å². The monoisotopic (exact) mass is 275 g/mol. The summed E-state index contributed by atoms with van der Waals surface area (Å²) in [5.41, 5.74) is 0.770. The number of carbonyl (C=O) groups excluding carboxylic acids is 1. The second-order valence-electron chi connectivity index (χ2n) is 5.87. The highest BCUT2D eigenvalue weighted by molar-refractivity contribution is 5.96. The van der Waals surface area contributed by atoms with Gasteiger partial charge in [-0.25, -0.2) is 0 Å². The number of ether oxygens (including phenoxy) is 1. The molecule has 3 nitrogen and oxygen atoms in total. The SMILES string of the molecule is CC(C)Oc1cccc(C(=O)CCC2CCCNC2)c1.